The molecular weight excluding hydrogens is 458 g/mol. The van der Waals surface area contributed by atoms with Crippen LogP contribution in [0.3, 0.4) is 0 Å². The predicted octanol–water partition coefficient (Wildman–Crippen LogP) is 5.77. The fraction of sp³-hybridized carbons (Fsp3) is 0.222. The van der Waals surface area contributed by atoms with Crippen LogP contribution < -0.4 is 5.32 Å². The van der Waals surface area contributed by atoms with E-state index in [1.165, 1.54) is 4.52 Å². The summed E-state index contributed by atoms with van der Waals surface area (Å²) in [5.74, 6) is 0.542. The summed E-state index contributed by atoms with van der Waals surface area (Å²) in [6, 6.07) is 20.7. The molecule has 0 aliphatic heterocycles. The van der Waals surface area contributed by atoms with E-state index in [1.807, 2.05) is 62.4 Å². The van der Waals surface area contributed by atoms with E-state index >= 15 is 0 Å². The van der Waals surface area contributed by atoms with Crippen LogP contribution in [0, 0.1) is 13.8 Å². The highest BCUT2D eigenvalue weighted by molar-refractivity contribution is 7.91. The van der Waals surface area contributed by atoms with Crippen molar-refractivity contribution in [2.24, 2.45) is 0 Å². The molecule has 0 amide bonds. The van der Waals surface area contributed by atoms with Gasteiger partial charge in [-0.05, 0) is 72.4 Å². The molecule has 1 N–H and O–H groups in total. The van der Waals surface area contributed by atoms with E-state index in [0.29, 0.717) is 11.3 Å². The number of hydrogen-bond acceptors (Lipinski definition) is 6. The van der Waals surface area contributed by atoms with E-state index in [4.69, 9.17) is 4.98 Å². The first kappa shape index (κ1) is 23.0. The third-order valence-corrected chi connectivity index (χ3v) is 7.66. The number of fused-ring (bicyclic) bond motifs is 3. The summed E-state index contributed by atoms with van der Waals surface area (Å²) in [4.78, 5) is 4.87. The smallest absolute Gasteiger partial charge is 0.229 e. The van der Waals surface area contributed by atoms with Gasteiger partial charge in [-0.2, -0.15) is 4.52 Å². The zero-order chi connectivity index (χ0) is 25.0. The number of aromatic nitrogens is 4. The van der Waals surface area contributed by atoms with E-state index in [1.54, 1.807) is 12.1 Å². The van der Waals surface area contributed by atoms with Crippen LogP contribution in [0.1, 0.15) is 37.5 Å². The van der Waals surface area contributed by atoms with Gasteiger partial charge in [-0.1, -0.05) is 56.3 Å². The van der Waals surface area contributed by atoms with Gasteiger partial charge in [0.25, 0.3) is 0 Å². The number of nitrogens with zero attached hydrogens (tertiary/aromatic N) is 4. The summed E-state index contributed by atoms with van der Waals surface area (Å²) in [6.45, 7) is 10.3. The molecule has 0 spiro atoms. The molecule has 2 aromatic heterocycles. The second kappa shape index (κ2) is 8.16. The van der Waals surface area contributed by atoms with Crippen LogP contribution in [0.15, 0.2) is 76.7 Å². The van der Waals surface area contributed by atoms with Crippen molar-refractivity contribution < 1.29 is 8.42 Å². The average Bonchev–Trinajstić information content (AvgIpc) is 3.23. The quantitative estimate of drug-likeness (QED) is 0.348. The molecule has 0 aliphatic carbocycles. The predicted molar refractivity (Wildman–Crippen MR) is 138 cm³/mol. The SMILES string of the molecule is Cc1cc(C)cc(Nc2nc3c(S(=O)(=O)c4ccc(C(C)(C)C)cc4)nnn3c3ccccc23)c1. The molecule has 35 heavy (non-hydrogen) atoms. The molecule has 7 nitrogen and oxygen atoms in total. The van der Waals surface area contributed by atoms with Crippen molar-refractivity contribution in [2.45, 2.75) is 50.0 Å². The number of anilines is 2. The molecule has 0 atom stereocenters. The largest absolute Gasteiger partial charge is 0.340 e. The van der Waals surface area contributed by atoms with Gasteiger partial charge in [0.15, 0.2) is 5.65 Å². The van der Waals surface area contributed by atoms with Gasteiger partial charge in [0.05, 0.1) is 10.4 Å². The Bertz CT molecular complexity index is 1660. The molecule has 0 bridgehead atoms. The first-order chi connectivity index (χ1) is 16.5. The van der Waals surface area contributed by atoms with E-state index in [9.17, 15) is 8.42 Å². The Morgan fingerprint density at radius 1 is 0.886 bits per heavy atom. The number of sulfone groups is 1. The molecule has 8 heteroatoms. The van der Waals surface area contributed by atoms with Gasteiger partial charge in [-0.3, -0.25) is 0 Å². The number of hydrogen-bond donors (Lipinski definition) is 1. The first-order valence-corrected chi connectivity index (χ1v) is 12.9. The summed E-state index contributed by atoms with van der Waals surface area (Å²) in [5.41, 5.74) is 4.96. The number of rotatable bonds is 4. The van der Waals surface area contributed by atoms with Gasteiger partial charge in [-0.25, -0.2) is 13.4 Å². The molecule has 2 heterocycles. The minimum absolute atomic E-state index is 0.0832. The van der Waals surface area contributed by atoms with Gasteiger partial charge in [-0.15, -0.1) is 5.10 Å². The molecule has 0 saturated heterocycles. The summed E-state index contributed by atoms with van der Waals surface area (Å²) in [7, 11) is -3.94. The maximum atomic E-state index is 13.6. The minimum Gasteiger partial charge on any atom is -0.340 e. The van der Waals surface area contributed by atoms with Crippen molar-refractivity contribution >= 4 is 37.9 Å². The molecule has 5 aromatic rings. The van der Waals surface area contributed by atoms with Crippen molar-refractivity contribution in [1.82, 2.24) is 19.8 Å². The third kappa shape index (κ3) is 4.14. The third-order valence-electron chi connectivity index (χ3n) is 5.99. The van der Waals surface area contributed by atoms with Crippen LogP contribution in [0.2, 0.25) is 0 Å². The molecule has 0 unspecified atom stereocenters. The van der Waals surface area contributed by atoms with Gasteiger partial charge < -0.3 is 5.32 Å². The number of benzene rings is 3. The topological polar surface area (TPSA) is 89.2 Å². The number of aryl methyl sites for hydroxylation is 2. The molecule has 5 rings (SSSR count). The van der Waals surface area contributed by atoms with E-state index in [-0.39, 0.29) is 21.0 Å². The molecule has 0 radical (unpaired) electrons. The zero-order valence-corrected chi connectivity index (χ0v) is 21.2. The molecular formula is C27H27N5O2S. The molecule has 178 valence electrons. The Kier molecular flexibility index (Phi) is 5.36. The molecule has 0 aliphatic rings. The van der Waals surface area contributed by atoms with Crippen molar-refractivity contribution in [3.63, 3.8) is 0 Å². The maximum absolute atomic E-state index is 13.6. The van der Waals surface area contributed by atoms with Crippen LogP contribution in [-0.2, 0) is 15.3 Å². The lowest BCUT2D eigenvalue weighted by Gasteiger charge is -2.19. The maximum Gasteiger partial charge on any atom is 0.229 e. The van der Waals surface area contributed by atoms with Crippen molar-refractivity contribution in [2.75, 3.05) is 5.32 Å². The lowest BCUT2D eigenvalue weighted by molar-refractivity contribution is 0.585. The second-order valence-corrected chi connectivity index (χ2v) is 11.8. The van der Waals surface area contributed by atoms with Gasteiger partial charge in [0.1, 0.15) is 5.82 Å². The standard InChI is InChI=1S/C27H27N5O2S/c1-17-14-18(2)16-20(15-17)28-24-22-8-6-7-9-23(22)32-25(29-24)26(30-31-32)35(33,34)21-12-10-19(11-13-21)27(3,4)5/h6-16H,1-5H3,(H,28,29). The van der Waals surface area contributed by atoms with Gasteiger partial charge in [0.2, 0.25) is 14.9 Å². The highest BCUT2D eigenvalue weighted by atomic mass is 32.2. The normalized spacial score (nSPS) is 12.4. The van der Waals surface area contributed by atoms with Crippen LogP contribution in [-0.4, -0.2) is 28.2 Å². The fourth-order valence-corrected chi connectivity index (χ4v) is 5.48. The Hall–Kier alpha value is -3.78. The number of para-hydroxylation sites is 1. The minimum atomic E-state index is -3.94. The summed E-state index contributed by atoms with van der Waals surface area (Å²) in [6.07, 6.45) is 0. The molecule has 0 fully saturated rings. The van der Waals surface area contributed by atoms with Gasteiger partial charge >= 0.3 is 0 Å². The van der Waals surface area contributed by atoms with Crippen LogP contribution in [0.5, 0.6) is 0 Å². The monoisotopic (exact) mass is 485 g/mol. The first-order valence-electron chi connectivity index (χ1n) is 11.4. The Labute approximate surface area is 204 Å². The number of nitrogens with one attached hydrogen (secondary N) is 1. The van der Waals surface area contributed by atoms with Crippen molar-refractivity contribution in [3.8, 4) is 0 Å². The lowest BCUT2D eigenvalue weighted by atomic mass is 9.87. The van der Waals surface area contributed by atoms with Crippen LogP contribution >= 0.6 is 0 Å². The highest BCUT2D eigenvalue weighted by Gasteiger charge is 2.27. The Balaban J connectivity index is 1.68. The lowest BCUT2D eigenvalue weighted by Crippen LogP contribution is -2.11. The Morgan fingerprint density at radius 2 is 1.54 bits per heavy atom. The van der Waals surface area contributed by atoms with Crippen molar-refractivity contribution in [3.05, 3.63) is 83.4 Å². The average molecular weight is 486 g/mol. The molecule has 3 aromatic carbocycles. The van der Waals surface area contributed by atoms with Crippen LogP contribution in [0.25, 0.3) is 16.6 Å². The Morgan fingerprint density at radius 3 is 2.20 bits per heavy atom. The van der Waals surface area contributed by atoms with E-state index in [0.717, 1.165) is 27.8 Å². The fourth-order valence-electron chi connectivity index (χ4n) is 4.24. The summed E-state index contributed by atoms with van der Waals surface area (Å²) < 4.78 is 28.7. The van der Waals surface area contributed by atoms with Crippen LogP contribution in [0.4, 0.5) is 11.5 Å². The van der Waals surface area contributed by atoms with Crippen molar-refractivity contribution in [1.29, 1.82) is 0 Å². The molecule has 0 saturated carbocycles. The second-order valence-electron chi connectivity index (χ2n) is 9.89. The highest BCUT2D eigenvalue weighted by Crippen LogP contribution is 2.31. The van der Waals surface area contributed by atoms with Gasteiger partial charge in [0, 0.05) is 11.1 Å². The van der Waals surface area contributed by atoms with E-state index in [2.05, 4.69) is 42.5 Å². The van der Waals surface area contributed by atoms with E-state index < -0.39 is 9.84 Å². The summed E-state index contributed by atoms with van der Waals surface area (Å²) >= 11 is 0. The summed E-state index contributed by atoms with van der Waals surface area (Å²) in [5, 5.41) is 12.3. The zero-order valence-electron chi connectivity index (χ0n) is 20.4.